The molecule has 1 aliphatic heterocycles. The molecule has 0 radical (unpaired) electrons. The Morgan fingerprint density at radius 2 is 2.18 bits per heavy atom. The highest BCUT2D eigenvalue weighted by molar-refractivity contribution is 6.09. The molecule has 0 aromatic carbocycles. The first-order valence-corrected chi connectivity index (χ1v) is 7.17. The molecule has 0 saturated carbocycles. The maximum Gasteiger partial charge on any atom is 0.290 e. The molecule has 2 heterocycles. The lowest BCUT2D eigenvalue weighted by molar-refractivity contribution is -0.130. The summed E-state index contributed by atoms with van der Waals surface area (Å²) < 4.78 is 5.02. The smallest absolute Gasteiger partial charge is 0.290 e. The van der Waals surface area contributed by atoms with Gasteiger partial charge in [0, 0.05) is 25.8 Å². The van der Waals surface area contributed by atoms with Gasteiger partial charge in [-0.1, -0.05) is 19.9 Å². The normalized spacial score (nSPS) is 18.5. The van der Waals surface area contributed by atoms with Crippen LogP contribution in [0.3, 0.4) is 0 Å². The molecule has 0 aliphatic carbocycles. The average Bonchev–Trinajstić information content (AvgIpc) is 2.77. The van der Waals surface area contributed by atoms with Crippen LogP contribution in [0.25, 0.3) is 0 Å². The quantitative estimate of drug-likeness (QED) is 0.864. The molecule has 118 valence electrons. The number of aromatic nitrogens is 1. The second kappa shape index (κ2) is 6.70. The van der Waals surface area contributed by atoms with Gasteiger partial charge in [0.05, 0.1) is 17.9 Å². The molecule has 1 aromatic heterocycles. The predicted molar refractivity (Wildman–Crippen MR) is 80.1 cm³/mol. The molecule has 0 spiro atoms. The van der Waals surface area contributed by atoms with E-state index in [1.807, 2.05) is 0 Å². The van der Waals surface area contributed by atoms with Crippen LogP contribution >= 0.6 is 0 Å². The van der Waals surface area contributed by atoms with Crippen LogP contribution in [0.2, 0.25) is 0 Å². The van der Waals surface area contributed by atoms with Crippen molar-refractivity contribution in [2.75, 3.05) is 20.3 Å². The van der Waals surface area contributed by atoms with Crippen LogP contribution in [-0.4, -0.2) is 46.9 Å². The number of carbonyl (C=O) groups is 2. The Kier molecular flexibility index (Phi) is 4.92. The maximum atomic E-state index is 12.4. The Balaban J connectivity index is 2.48. The van der Waals surface area contributed by atoms with Gasteiger partial charge in [-0.2, -0.15) is 0 Å². The highest BCUT2D eigenvalue weighted by atomic mass is 16.5. The van der Waals surface area contributed by atoms with Gasteiger partial charge >= 0.3 is 0 Å². The fraction of sp³-hybridized carbons (Fsp3) is 0.438. The van der Waals surface area contributed by atoms with Crippen LogP contribution in [0.1, 0.15) is 25.6 Å². The van der Waals surface area contributed by atoms with Crippen molar-refractivity contribution >= 4 is 11.7 Å². The first-order chi connectivity index (χ1) is 10.5. The fourth-order valence-electron chi connectivity index (χ4n) is 2.48. The van der Waals surface area contributed by atoms with Crippen molar-refractivity contribution in [1.29, 1.82) is 0 Å². The van der Waals surface area contributed by atoms with Crippen LogP contribution in [0.5, 0.6) is 0 Å². The Labute approximate surface area is 129 Å². The summed E-state index contributed by atoms with van der Waals surface area (Å²) in [6, 6.07) is 4.62. The molecule has 0 saturated heterocycles. The zero-order valence-electron chi connectivity index (χ0n) is 12.9. The summed E-state index contributed by atoms with van der Waals surface area (Å²) >= 11 is 0. The van der Waals surface area contributed by atoms with Gasteiger partial charge in [0.1, 0.15) is 6.04 Å². The van der Waals surface area contributed by atoms with Crippen molar-refractivity contribution in [3.8, 4) is 0 Å². The van der Waals surface area contributed by atoms with Crippen LogP contribution < -0.4 is 0 Å². The minimum atomic E-state index is -0.668. The van der Waals surface area contributed by atoms with Gasteiger partial charge in [-0.15, -0.1) is 0 Å². The lowest BCUT2D eigenvalue weighted by atomic mass is 9.93. The van der Waals surface area contributed by atoms with E-state index in [-0.39, 0.29) is 23.8 Å². The first-order valence-electron chi connectivity index (χ1n) is 7.17. The van der Waals surface area contributed by atoms with E-state index in [2.05, 4.69) is 4.98 Å². The number of amides is 1. The van der Waals surface area contributed by atoms with E-state index in [1.165, 1.54) is 12.0 Å². The highest BCUT2D eigenvalue weighted by Gasteiger charge is 2.44. The molecular formula is C16H20N2O4. The molecule has 6 heteroatoms. The van der Waals surface area contributed by atoms with Gasteiger partial charge in [-0.3, -0.25) is 14.6 Å². The monoisotopic (exact) mass is 304 g/mol. The van der Waals surface area contributed by atoms with Crippen molar-refractivity contribution in [3.05, 3.63) is 41.4 Å². The van der Waals surface area contributed by atoms with Crippen molar-refractivity contribution in [3.63, 3.8) is 0 Å². The van der Waals surface area contributed by atoms with Crippen molar-refractivity contribution in [2.24, 2.45) is 5.92 Å². The number of Topliss-reactive ketones (excluding diaryl/α,β-unsaturated/α-hetero) is 1. The summed E-state index contributed by atoms with van der Waals surface area (Å²) in [5, 5.41) is 10.2. The molecule has 2 rings (SSSR count). The Bertz CT molecular complexity index is 595. The molecule has 1 N–H and O–H groups in total. The summed E-state index contributed by atoms with van der Waals surface area (Å²) in [6.45, 7) is 4.06. The van der Waals surface area contributed by atoms with E-state index in [0.29, 0.717) is 12.3 Å². The van der Waals surface area contributed by atoms with E-state index in [0.717, 1.165) is 0 Å². The molecule has 6 nitrogen and oxygen atoms in total. The predicted octanol–water partition coefficient (Wildman–Crippen LogP) is 1.65. The Morgan fingerprint density at radius 1 is 1.45 bits per heavy atom. The van der Waals surface area contributed by atoms with E-state index in [1.54, 1.807) is 38.2 Å². The number of ether oxygens (including phenoxy) is 1. The zero-order chi connectivity index (χ0) is 16.3. The molecule has 1 atom stereocenters. The lowest BCUT2D eigenvalue weighted by Crippen LogP contribution is -2.34. The molecular weight excluding hydrogens is 284 g/mol. The number of pyridine rings is 1. The highest BCUT2D eigenvalue weighted by Crippen LogP contribution is 2.37. The second-order valence-corrected chi connectivity index (χ2v) is 5.43. The van der Waals surface area contributed by atoms with E-state index in [4.69, 9.17) is 4.74 Å². The van der Waals surface area contributed by atoms with E-state index in [9.17, 15) is 14.7 Å². The number of aliphatic hydroxyl groups is 1. The Hall–Kier alpha value is -2.21. The number of hydrogen-bond acceptors (Lipinski definition) is 5. The van der Waals surface area contributed by atoms with Gasteiger partial charge in [-0.05, 0) is 12.1 Å². The van der Waals surface area contributed by atoms with Crippen LogP contribution in [0.4, 0.5) is 0 Å². The molecule has 0 bridgehead atoms. The summed E-state index contributed by atoms with van der Waals surface area (Å²) in [5.74, 6) is -1.61. The van der Waals surface area contributed by atoms with Crippen molar-refractivity contribution < 1.29 is 19.4 Å². The second-order valence-electron chi connectivity index (χ2n) is 5.43. The van der Waals surface area contributed by atoms with Gasteiger partial charge in [-0.25, -0.2) is 0 Å². The van der Waals surface area contributed by atoms with Crippen LogP contribution in [-0.2, 0) is 14.3 Å². The minimum Gasteiger partial charge on any atom is -0.503 e. The molecule has 1 unspecified atom stereocenters. The van der Waals surface area contributed by atoms with Crippen molar-refractivity contribution in [1.82, 2.24) is 9.88 Å². The number of nitrogens with zero attached hydrogens (tertiary/aromatic N) is 2. The molecule has 0 fully saturated rings. The zero-order valence-corrected chi connectivity index (χ0v) is 12.9. The molecule has 1 aliphatic rings. The molecule has 1 amide bonds. The molecule has 1 aromatic rings. The van der Waals surface area contributed by atoms with Gasteiger partial charge in [0.2, 0.25) is 0 Å². The summed E-state index contributed by atoms with van der Waals surface area (Å²) in [4.78, 5) is 30.4. The lowest BCUT2D eigenvalue weighted by Gasteiger charge is -2.26. The fourth-order valence-corrected chi connectivity index (χ4v) is 2.48. The number of hydrogen-bond donors (Lipinski definition) is 1. The number of carbonyl (C=O) groups excluding carboxylic acids is 2. The summed E-state index contributed by atoms with van der Waals surface area (Å²) in [5.41, 5.74) is 0.676. The number of rotatable bonds is 6. The third-order valence-corrected chi connectivity index (χ3v) is 3.60. The standard InChI is InChI=1S/C16H20N2O4/c1-10(2)14(19)12-13(11-6-4-5-7-17-11)18(8-9-22-3)16(21)15(12)20/h4-7,10,13,20H,8-9H2,1-3H3. The third-order valence-electron chi connectivity index (χ3n) is 3.60. The van der Waals surface area contributed by atoms with Gasteiger partial charge in [0.25, 0.3) is 5.91 Å². The van der Waals surface area contributed by atoms with Crippen LogP contribution in [0.15, 0.2) is 35.7 Å². The van der Waals surface area contributed by atoms with E-state index >= 15 is 0 Å². The molecule has 22 heavy (non-hydrogen) atoms. The van der Waals surface area contributed by atoms with Crippen LogP contribution in [0, 0.1) is 5.92 Å². The number of aliphatic hydroxyl groups excluding tert-OH is 1. The van der Waals surface area contributed by atoms with Gasteiger partial charge < -0.3 is 14.7 Å². The minimum absolute atomic E-state index is 0.120. The number of methoxy groups -OCH3 is 1. The summed E-state index contributed by atoms with van der Waals surface area (Å²) in [6.07, 6.45) is 1.60. The van der Waals surface area contributed by atoms with Crippen molar-refractivity contribution in [2.45, 2.75) is 19.9 Å². The maximum absolute atomic E-state index is 12.4. The summed E-state index contributed by atoms with van der Waals surface area (Å²) in [7, 11) is 1.53. The van der Waals surface area contributed by atoms with E-state index < -0.39 is 17.7 Å². The third kappa shape index (κ3) is 2.87. The largest absolute Gasteiger partial charge is 0.503 e. The number of ketones is 1. The van der Waals surface area contributed by atoms with Gasteiger partial charge in [0.15, 0.2) is 11.5 Å². The topological polar surface area (TPSA) is 79.7 Å². The Morgan fingerprint density at radius 3 is 2.73 bits per heavy atom. The SMILES string of the molecule is COCCN1C(=O)C(O)=C(C(=O)C(C)C)C1c1ccccn1. The average molecular weight is 304 g/mol. The first kappa shape index (κ1) is 16.2.